The Kier molecular flexibility index (Phi) is 6.93. The highest BCUT2D eigenvalue weighted by atomic mass is 19.4. The third-order valence-corrected chi connectivity index (χ3v) is 6.56. The van der Waals surface area contributed by atoms with Crippen molar-refractivity contribution < 1.29 is 49.8 Å². The van der Waals surface area contributed by atoms with E-state index in [1.807, 2.05) is 0 Å². The Labute approximate surface area is 219 Å². The van der Waals surface area contributed by atoms with Gasteiger partial charge < -0.3 is 21.1 Å². The number of carbonyl (C=O) groups excluding carboxylic acids is 2. The van der Waals surface area contributed by atoms with Crippen LogP contribution in [0.3, 0.4) is 0 Å². The van der Waals surface area contributed by atoms with E-state index >= 15 is 4.39 Å². The van der Waals surface area contributed by atoms with Crippen molar-refractivity contribution in [1.82, 2.24) is 24.8 Å². The molecule has 4 rings (SSSR count). The number of fused-ring (bicyclic) bond motifs is 1. The van der Waals surface area contributed by atoms with Crippen LogP contribution in [0, 0.1) is 12.7 Å². The summed E-state index contributed by atoms with van der Waals surface area (Å²) >= 11 is 0. The van der Waals surface area contributed by atoms with Gasteiger partial charge in [0.15, 0.2) is 5.82 Å². The molecule has 0 bridgehead atoms. The van der Waals surface area contributed by atoms with Crippen molar-refractivity contribution in [3.63, 3.8) is 0 Å². The maximum Gasteiger partial charge on any atom is 0.426 e. The zero-order chi connectivity index (χ0) is 29.9. The second-order valence-corrected chi connectivity index (χ2v) is 9.34. The van der Waals surface area contributed by atoms with Crippen molar-refractivity contribution in [1.29, 1.82) is 0 Å². The standard InChI is InChI=1S/C23H20F8N6O3/c1-9-3-4-10(14-5-11(22(26,27)28)17-18(32)33-8-34-37(14)17)16(25)15(9)19(38)35-13-7-36(6-12(13)24)20(39)21(2,40)23(29,30)31/h3-5,8,12-13,40H,6-7H2,1-2H3,(H,35,38)(H2,32,33,34)/t12-,13+,21?/m0/s1. The molecule has 17 heteroatoms. The van der Waals surface area contributed by atoms with Gasteiger partial charge in [-0.2, -0.15) is 31.4 Å². The fourth-order valence-corrected chi connectivity index (χ4v) is 4.36. The molecule has 4 N–H and O–H groups in total. The summed E-state index contributed by atoms with van der Waals surface area (Å²) in [7, 11) is 0. The highest BCUT2D eigenvalue weighted by Crippen LogP contribution is 2.40. The second-order valence-electron chi connectivity index (χ2n) is 9.34. The molecule has 0 spiro atoms. The van der Waals surface area contributed by atoms with Gasteiger partial charge in [0.05, 0.1) is 29.4 Å². The van der Waals surface area contributed by atoms with Gasteiger partial charge in [-0.3, -0.25) is 9.59 Å². The zero-order valence-corrected chi connectivity index (χ0v) is 20.5. The number of hydrogen-bond donors (Lipinski definition) is 3. The third kappa shape index (κ3) is 4.77. The summed E-state index contributed by atoms with van der Waals surface area (Å²) in [5.41, 5.74) is -1.76. The molecule has 3 atom stereocenters. The van der Waals surface area contributed by atoms with Crippen molar-refractivity contribution in [2.24, 2.45) is 0 Å². The van der Waals surface area contributed by atoms with E-state index in [9.17, 15) is 45.4 Å². The van der Waals surface area contributed by atoms with E-state index in [4.69, 9.17) is 5.73 Å². The lowest BCUT2D eigenvalue weighted by Gasteiger charge is -2.29. The van der Waals surface area contributed by atoms with E-state index in [1.54, 1.807) is 0 Å². The Morgan fingerprint density at radius 1 is 1.15 bits per heavy atom. The van der Waals surface area contributed by atoms with Gasteiger partial charge in [-0.05, 0) is 31.5 Å². The topological polar surface area (TPSA) is 126 Å². The summed E-state index contributed by atoms with van der Waals surface area (Å²) < 4.78 is 111. The van der Waals surface area contributed by atoms with Gasteiger partial charge in [0, 0.05) is 12.1 Å². The predicted molar refractivity (Wildman–Crippen MR) is 122 cm³/mol. The van der Waals surface area contributed by atoms with E-state index in [0.29, 0.717) is 15.5 Å². The Morgan fingerprint density at radius 3 is 2.40 bits per heavy atom. The fourth-order valence-electron chi connectivity index (χ4n) is 4.36. The number of hydrogen-bond acceptors (Lipinski definition) is 6. The van der Waals surface area contributed by atoms with E-state index in [2.05, 4.69) is 15.4 Å². The molecule has 3 aromatic rings. The summed E-state index contributed by atoms with van der Waals surface area (Å²) in [5, 5.41) is 15.4. The molecule has 2 amide bonds. The van der Waals surface area contributed by atoms with Crippen LogP contribution in [0.2, 0.25) is 0 Å². The molecule has 1 unspecified atom stereocenters. The number of alkyl halides is 7. The minimum Gasteiger partial charge on any atom is -0.382 e. The van der Waals surface area contributed by atoms with Crippen molar-refractivity contribution in [3.8, 4) is 11.3 Å². The number of nitrogen functional groups attached to an aromatic ring is 1. The van der Waals surface area contributed by atoms with Gasteiger partial charge in [-0.25, -0.2) is 18.3 Å². The molecule has 216 valence electrons. The van der Waals surface area contributed by atoms with Crippen molar-refractivity contribution in [3.05, 3.63) is 47.0 Å². The van der Waals surface area contributed by atoms with Gasteiger partial charge in [-0.15, -0.1) is 0 Å². The summed E-state index contributed by atoms with van der Waals surface area (Å²) in [4.78, 5) is 29.1. The molecule has 9 nitrogen and oxygen atoms in total. The van der Waals surface area contributed by atoms with Crippen LogP contribution in [-0.4, -0.2) is 73.5 Å². The summed E-state index contributed by atoms with van der Waals surface area (Å²) in [5.74, 6) is -4.93. The second kappa shape index (κ2) is 9.57. The van der Waals surface area contributed by atoms with E-state index in [-0.39, 0.29) is 12.5 Å². The van der Waals surface area contributed by atoms with Crippen LogP contribution in [0.5, 0.6) is 0 Å². The van der Waals surface area contributed by atoms with Crippen LogP contribution in [0.4, 0.5) is 40.9 Å². The van der Waals surface area contributed by atoms with Crippen molar-refractivity contribution in [2.45, 2.75) is 44.0 Å². The van der Waals surface area contributed by atoms with Crippen LogP contribution in [0.25, 0.3) is 16.8 Å². The Balaban J connectivity index is 1.67. The summed E-state index contributed by atoms with van der Waals surface area (Å²) in [6, 6.07) is 1.29. The van der Waals surface area contributed by atoms with E-state index < -0.39 is 94.6 Å². The third-order valence-electron chi connectivity index (χ3n) is 6.56. The van der Waals surface area contributed by atoms with E-state index in [0.717, 1.165) is 12.4 Å². The SMILES string of the molecule is Cc1ccc(-c2cc(C(F)(F)F)c3c(N)ncnn23)c(F)c1C(=O)N[C@@H]1CN(C(=O)C(C)(O)C(F)(F)F)C[C@@H]1F. The highest BCUT2D eigenvalue weighted by molar-refractivity contribution is 5.98. The number of anilines is 1. The van der Waals surface area contributed by atoms with Gasteiger partial charge >= 0.3 is 12.4 Å². The first-order chi connectivity index (χ1) is 18.4. The first-order valence-corrected chi connectivity index (χ1v) is 11.4. The monoisotopic (exact) mass is 580 g/mol. The number of nitrogens with two attached hydrogens (primary N) is 1. The van der Waals surface area contributed by atoms with Crippen LogP contribution in [0.1, 0.15) is 28.4 Å². The number of rotatable bonds is 4. The summed E-state index contributed by atoms with van der Waals surface area (Å²) in [6.45, 7) is -0.175. The Bertz CT molecular complexity index is 1500. The maximum absolute atomic E-state index is 15.7. The molecular weight excluding hydrogens is 560 g/mol. The Hall–Kier alpha value is -4.02. The normalized spacial score (nSPS) is 19.6. The first kappa shape index (κ1) is 29.0. The van der Waals surface area contributed by atoms with Crippen LogP contribution in [-0.2, 0) is 11.0 Å². The van der Waals surface area contributed by atoms with Crippen molar-refractivity contribution in [2.75, 3.05) is 18.8 Å². The van der Waals surface area contributed by atoms with Crippen LogP contribution in [0.15, 0.2) is 24.5 Å². The number of halogens is 8. The Morgan fingerprint density at radius 2 is 1.80 bits per heavy atom. The maximum atomic E-state index is 15.7. The molecule has 0 radical (unpaired) electrons. The smallest absolute Gasteiger partial charge is 0.382 e. The number of benzene rings is 1. The van der Waals surface area contributed by atoms with Crippen molar-refractivity contribution >= 4 is 23.1 Å². The number of likely N-dealkylation sites (tertiary alicyclic amines) is 1. The fraction of sp³-hybridized carbons (Fsp3) is 0.391. The molecule has 3 heterocycles. The summed E-state index contributed by atoms with van der Waals surface area (Å²) in [6.07, 6.45) is -11.5. The van der Waals surface area contributed by atoms with E-state index in [1.165, 1.54) is 13.0 Å². The lowest BCUT2D eigenvalue weighted by Crippen LogP contribution is -2.56. The molecular formula is C23H20F8N6O3. The molecule has 1 aromatic carbocycles. The average Bonchev–Trinajstić information content (AvgIpc) is 3.39. The highest BCUT2D eigenvalue weighted by Gasteiger charge is 2.58. The predicted octanol–water partition coefficient (Wildman–Crippen LogP) is 3.04. The molecule has 1 saturated heterocycles. The number of carbonyl (C=O) groups is 2. The molecule has 1 fully saturated rings. The molecule has 40 heavy (non-hydrogen) atoms. The van der Waals surface area contributed by atoms with Gasteiger partial charge in [0.25, 0.3) is 11.8 Å². The lowest BCUT2D eigenvalue weighted by molar-refractivity contribution is -0.249. The minimum atomic E-state index is -5.36. The van der Waals surface area contributed by atoms with Gasteiger partial charge in [0.2, 0.25) is 5.60 Å². The van der Waals surface area contributed by atoms with Gasteiger partial charge in [-0.1, -0.05) is 6.07 Å². The number of aryl methyl sites for hydroxylation is 1. The minimum absolute atomic E-state index is 0.00820. The first-order valence-electron chi connectivity index (χ1n) is 11.4. The number of nitrogens with one attached hydrogen (secondary N) is 1. The quantitative estimate of drug-likeness (QED) is 0.408. The number of amides is 2. The number of nitrogens with zero attached hydrogens (tertiary/aromatic N) is 4. The molecule has 0 aliphatic carbocycles. The number of aliphatic hydroxyl groups is 1. The number of aromatic nitrogens is 3. The molecule has 1 aliphatic rings. The molecule has 1 aliphatic heterocycles. The molecule has 0 saturated carbocycles. The van der Waals surface area contributed by atoms with Crippen LogP contribution >= 0.6 is 0 Å². The largest absolute Gasteiger partial charge is 0.426 e. The van der Waals surface area contributed by atoms with Crippen LogP contribution < -0.4 is 11.1 Å². The van der Waals surface area contributed by atoms with Gasteiger partial charge in [0.1, 0.15) is 23.8 Å². The lowest BCUT2D eigenvalue weighted by atomic mass is 10.0. The molecule has 2 aromatic heterocycles. The zero-order valence-electron chi connectivity index (χ0n) is 20.5. The average molecular weight is 580 g/mol.